The van der Waals surface area contributed by atoms with Crippen LogP contribution in [0.2, 0.25) is 0 Å². The summed E-state index contributed by atoms with van der Waals surface area (Å²) in [5.74, 6) is 0.128. The van der Waals surface area contributed by atoms with Crippen LogP contribution in [-0.4, -0.2) is 37.4 Å². The van der Waals surface area contributed by atoms with E-state index in [1.807, 2.05) is 0 Å². The Hall–Kier alpha value is -0.620. The second kappa shape index (κ2) is 4.27. The number of sulfonamides is 1. The van der Waals surface area contributed by atoms with Gasteiger partial charge in [0.05, 0.1) is 11.6 Å². The predicted molar refractivity (Wildman–Crippen MR) is 55.7 cm³/mol. The van der Waals surface area contributed by atoms with Crippen LogP contribution in [0.1, 0.15) is 19.8 Å². The summed E-state index contributed by atoms with van der Waals surface area (Å²) in [5, 5.41) is 7.30. The molecule has 1 aliphatic heterocycles. The Bertz CT molecular complexity index is 313. The first-order chi connectivity index (χ1) is 6.47. The number of nitrogens with two attached hydrogens (primary N) is 1. The maximum Gasteiger partial charge on any atom is 0.213 e. The highest BCUT2D eigenvalue weighted by molar-refractivity contribution is 7.89. The molecule has 82 valence electrons. The number of hydrogen-bond donors (Lipinski definition) is 2. The Morgan fingerprint density at radius 3 is 2.79 bits per heavy atom. The quantitative estimate of drug-likeness (QED) is 0.516. The summed E-state index contributed by atoms with van der Waals surface area (Å²) in [6, 6.07) is 0. The highest BCUT2D eigenvalue weighted by atomic mass is 32.2. The van der Waals surface area contributed by atoms with Crippen LogP contribution < -0.4 is 5.73 Å². The second-order valence-electron chi connectivity index (χ2n) is 3.55. The minimum atomic E-state index is -3.11. The molecule has 0 aliphatic carbocycles. The zero-order valence-electron chi connectivity index (χ0n) is 8.36. The van der Waals surface area contributed by atoms with Crippen molar-refractivity contribution >= 4 is 15.9 Å². The summed E-state index contributed by atoms with van der Waals surface area (Å²) < 4.78 is 24.5. The lowest BCUT2D eigenvalue weighted by molar-refractivity contribution is 0.311. The molecule has 1 heterocycles. The fourth-order valence-electron chi connectivity index (χ4n) is 1.63. The van der Waals surface area contributed by atoms with Crippen molar-refractivity contribution in [1.29, 1.82) is 5.41 Å². The van der Waals surface area contributed by atoms with Gasteiger partial charge in [0.1, 0.15) is 0 Å². The van der Waals surface area contributed by atoms with Crippen LogP contribution in [0.5, 0.6) is 0 Å². The van der Waals surface area contributed by atoms with Gasteiger partial charge in [0.2, 0.25) is 10.0 Å². The maximum atomic E-state index is 11.5. The number of hydrogen-bond acceptors (Lipinski definition) is 3. The third-order valence-electron chi connectivity index (χ3n) is 2.58. The predicted octanol–water partition coefficient (Wildman–Crippen LogP) is -0.0159. The van der Waals surface area contributed by atoms with Crippen LogP contribution in [0.3, 0.4) is 0 Å². The Kier molecular flexibility index (Phi) is 3.49. The maximum absolute atomic E-state index is 11.5. The molecule has 3 N–H and O–H groups in total. The normalized spacial score (nSPS) is 24.8. The second-order valence-corrected chi connectivity index (χ2v) is 5.81. The molecule has 6 heteroatoms. The zero-order chi connectivity index (χ0) is 10.8. The standard InChI is InChI=1S/C8H17N3O2S/c1-2-14(12,13)11-5-3-4-7(6-11)8(9)10/h7H,2-6H2,1H3,(H3,9,10). The van der Waals surface area contributed by atoms with Gasteiger partial charge < -0.3 is 5.73 Å². The van der Waals surface area contributed by atoms with Gasteiger partial charge in [-0.15, -0.1) is 0 Å². The molecule has 0 aromatic heterocycles. The van der Waals surface area contributed by atoms with Crippen LogP contribution in [0, 0.1) is 11.3 Å². The molecular weight excluding hydrogens is 202 g/mol. The molecule has 0 spiro atoms. The van der Waals surface area contributed by atoms with Gasteiger partial charge in [-0.05, 0) is 19.8 Å². The Morgan fingerprint density at radius 1 is 1.64 bits per heavy atom. The lowest BCUT2D eigenvalue weighted by atomic mass is 9.99. The summed E-state index contributed by atoms with van der Waals surface area (Å²) in [4.78, 5) is 0. The van der Waals surface area contributed by atoms with Gasteiger partial charge in [0, 0.05) is 19.0 Å². The molecule has 0 saturated carbocycles. The van der Waals surface area contributed by atoms with Gasteiger partial charge in [-0.2, -0.15) is 0 Å². The lowest BCUT2D eigenvalue weighted by Crippen LogP contribution is -2.44. The van der Waals surface area contributed by atoms with Crippen molar-refractivity contribution in [2.24, 2.45) is 11.7 Å². The van der Waals surface area contributed by atoms with Crippen molar-refractivity contribution in [3.8, 4) is 0 Å². The molecular formula is C8H17N3O2S. The van der Waals surface area contributed by atoms with Crippen molar-refractivity contribution in [3.63, 3.8) is 0 Å². The molecule has 0 amide bonds. The number of amidine groups is 1. The van der Waals surface area contributed by atoms with Crippen molar-refractivity contribution in [3.05, 3.63) is 0 Å². The van der Waals surface area contributed by atoms with E-state index in [1.54, 1.807) is 6.92 Å². The van der Waals surface area contributed by atoms with Crippen molar-refractivity contribution in [2.75, 3.05) is 18.8 Å². The molecule has 0 aromatic carbocycles. The molecule has 1 atom stereocenters. The Morgan fingerprint density at radius 2 is 2.29 bits per heavy atom. The third-order valence-corrected chi connectivity index (χ3v) is 4.43. The van der Waals surface area contributed by atoms with E-state index in [4.69, 9.17) is 11.1 Å². The molecule has 0 radical (unpaired) electrons. The molecule has 0 bridgehead atoms. The van der Waals surface area contributed by atoms with Crippen LogP contribution in [0.25, 0.3) is 0 Å². The van der Waals surface area contributed by atoms with Gasteiger partial charge in [-0.3, -0.25) is 5.41 Å². The largest absolute Gasteiger partial charge is 0.387 e. The topological polar surface area (TPSA) is 87.2 Å². The smallest absolute Gasteiger partial charge is 0.213 e. The first-order valence-electron chi connectivity index (χ1n) is 4.79. The molecule has 1 saturated heterocycles. The number of rotatable bonds is 3. The van der Waals surface area contributed by atoms with Crippen molar-refractivity contribution < 1.29 is 8.42 Å². The summed E-state index contributed by atoms with van der Waals surface area (Å²) in [5.41, 5.74) is 5.38. The van der Waals surface area contributed by atoms with E-state index in [0.717, 1.165) is 12.8 Å². The number of nitrogens with zero attached hydrogens (tertiary/aromatic N) is 1. The minimum Gasteiger partial charge on any atom is -0.387 e. The fraction of sp³-hybridized carbons (Fsp3) is 0.875. The van der Waals surface area contributed by atoms with Crippen molar-refractivity contribution in [2.45, 2.75) is 19.8 Å². The van der Waals surface area contributed by atoms with Gasteiger partial charge in [0.15, 0.2) is 0 Å². The summed E-state index contributed by atoms with van der Waals surface area (Å²) in [6.45, 7) is 2.58. The summed E-state index contributed by atoms with van der Waals surface area (Å²) in [7, 11) is -3.11. The van der Waals surface area contributed by atoms with Crippen molar-refractivity contribution in [1.82, 2.24) is 4.31 Å². The summed E-state index contributed by atoms with van der Waals surface area (Å²) in [6.07, 6.45) is 1.62. The molecule has 1 unspecified atom stereocenters. The lowest BCUT2D eigenvalue weighted by Gasteiger charge is -2.30. The van der Waals surface area contributed by atoms with Gasteiger partial charge in [-0.25, -0.2) is 12.7 Å². The van der Waals surface area contributed by atoms with E-state index in [0.29, 0.717) is 13.1 Å². The SMILES string of the molecule is CCS(=O)(=O)N1CCCC(C(=N)N)C1. The van der Waals surface area contributed by atoms with E-state index in [-0.39, 0.29) is 17.5 Å². The molecule has 14 heavy (non-hydrogen) atoms. The Balaban J connectivity index is 2.70. The first-order valence-corrected chi connectivity index (χ1v) is 6.40. The molecule has 0 aromatic rings. The average molecular weight is 219 g/mol. The van der Waals surface area contributed by atoms with Crippen LogP contribution in [-0.2, 0) is 10.0 Å². The molecule has 1 rings (SSSR count). The van der Waals surface area contributed by atoms with E-state index >= 15 is 0 Å². The zero-order valence-corrected chi connectivity index (χ0v) is 9.18. The average Bonchev–Trinajstić information content (AvgIpc) is 2.18. The Labute approximate surface area is 84.8 Å². The molecule has 1 aliphatic rings. The summed E-state index contributed by atoms with van der Waals surface area (Å²) >= 11 is 0. The monoisotopic (exact) mass is 219 g/mol. The van der Waals surface area contributed by atoms with Crippen LogP contribution in [0.4, 0.5) is 0 Å². The van der Waals surface area contributed by atoms with Gasteiger partial charge in [0.25, 0.3) is 0 Å². The van der Waals surface area contributed by atoms with Crippen LogP contribution >= 0.6 is 0 Å². The molecule has 5 nitrogen and oxygen atoms in total. The van der Waals surface area contributed by atoms with Gasteiger partial charge in [-0.1, -0.05) is 0 Å². The van der Waals surface area contributed by atoms with E-state index in [1.165, 1.54) is 4.31 Å². The molecule has 1 fully saturated rings. The number of piperidine rings is 1. The minimum absolute atomic E-state index is 0.0925. The van der Waals surface area contributed by atoms with Gasteiger partial charge >= 0.3 is 0 Å². The van der Waals surface area contributed by atoms with E-state index < -0.39 is 10.0 Å². The number of nitrogens with one attached hydrogen (secondary N) is 1. The van der Waals surface area contributed by atoms with E-state index in [9.17, 15) is 8.42 Å². The van der Waals surface area contributed by atoms with Crippen LogP contribution in [0.15, 0.2) is 0 Å². The first kappa shape index (κ1) is 11.5. The highest BCUT2D eigenvalue weighted by Crippen LogP contribution is 2.18. The third kappa shape index (κ3) is 2.45. The van der Waals surface area contributed by atoms with E-state index in [2.05, 4.69) is 0 Å². The highest BCUT2D eigenvalue weighted by Gasteiger charge is 2.28. The fourth-order valence-corrected chi connectivity index (χ4v) is 2.81.